The second-order valence-electron chi connectivity index (χ2n) is 7.79. The van der Waals surface area contributed by atoms with E-state index in [1.54, 1.807) is 16.7 Å². The van der Waals surface area contributed by atoms with Gasteiger partial charge in [-0.3, -0.25) is 9.59 Å². The van der Waals surface area contributed by atoms with Gasteiger partial charge in [0, 0.05) is 36.5 Å². The highest BCUT2D eigenvalue weighted by Gasteiger charge is 2.24. The smallest absolute Gasteiger partial charge is 0.237 e. The van der Waals surface area contributed by atoms with Crippen LogP contribution < -0.4 is 10.2 Å². The average molecular weight is 421 g/mol. The summed E-state index contributed by atoms with van der Waals surface area (Å²) in [6.45, 7) is 1.39. The number of rotatable bonds is 4. The molecular weight excluding hydrogens is 396 g/mol. The number of nitrogens with zero attached hydrogens (tertiary/aromatic N) is 3. The highest BCUT2D eigenvalue weighted by Crippen LogP contribution is 2.35. The maximum Gasteiger partial charge on any atom is 0.237 e. The van der Waals surface area contributed by atoms with Crippen LogP contribution in [0.4, 0.5) is 11.4 Å². The van der Waals surface area contributed by atoms with Gasteiger partial charge in [-0.25, -0.2) is 4.98 Å². The first-order chi connectivity index (χ1) is 14.7. The summed E-state index contributed by atoms with van der Waals surface area (Å²) in [4.78, 5) is 32.5. The van der Waals surface area contributed by atoms with Crippen LogP contribution in [-0.4, -0.2) is 33.7 Å². The first-order valence-corrected chi connectivity index (χ1v) is 11.5. The van der Waals surface area contributed by atoms with E-state index in [1.807, 2.05) is 42.5 Å². The van der Waals surface area contributed by atoms with E-state index in [1.165, 1.54) is 19.3 Å². The zero-order valence-corrected chi connectivity index (χ0v) is 17.6. The first-order valence-electron chi connectivity index (χ1n) is 10.5. The first kappa shape index (κ1) is 19.2. The molecule has 2 aliphatic heterocycles. The minimum absolute atomic E-state index is 0.0485. The molecule has 0 unspecified atom stereocenters. The van der Waals surface area contributed by atoms with Crippen LogP contribution in [0.25, 0.3) is 11.0 Å². The minimum atomic E-state index is -0.0985. The van der Waals surface area contributed by atoms with Crippen molar-refractivity contribution < 1.29 is 9.59 Å². The summed E-state index contributed by atoms with van der Waals surface area (Å²) in [6.07, 6.45) is 4.89. The van der Waals surface area contributed by atoms with E-state index in [0.29, 0.717) is 12.3 Å². The second-order valence-corrected chi connectivity index (χ2v) is 8.81. The number of thioether (sulfide) groups is 1. The number of anilines is 2. The lowest BCUT2D eigenvalue weighted by atomic mass is 10.2. The molecule has 0 bridgehead atoms. The molecular formula is C23H24N4O2S. The molecule has 5 rings (SSSR count). The van der Waals surface area contributed by atoms with Gasteiger partial charge in [0.2, 0.25) is 11.8 Å². The van der Waals surface area contributed by atoms with Crippen molar-refractivity contribution in [2.75, 3.05) is 22.5 Å². The van der Waals surface area contributed by atoms with E-state index in [2.05, 4.69) is 9.88 Å². The topological polar surface area (TPSA) is 67.2 Å². The number of hydrogen-bond donors (Lipinski definition) is 1. The highest BCUT2D eigenvalue weighted by molar-refractivity contribution is 8.00. The van der Waals surface area contributed by atoms with Crippen molar-refractivity contribution in [1.82, 2.24) is 9.55 Å². The van der Waals surface area contributed by atoms with Crippen LogP contribution in [0, 0.1) is 0 Å². The fraction of sp³-hybridized carbons (Fsp3) is 0.348. The van der Waals surface area contributed by atoms with E-state index in [0.717, 1.165) is 46.1 Å². The van der Waals surface area contributed by atoms with Gasteiger partial charge in [-0.05, 0) is 43.2 Å². The summed E-state index contributed by atoms with van der Waals surface area (Å²) in [5.74, 6) is 1.51. The predicted molar refractivity (Wildman–Crippen MR) is 120 cm³/mol. The molecule has 1 aromatic heterocycles. The lowest BCUT2D eigenvalue weighted by Crippen LogP contribution is -2.37. The molecule has 0 saturated heterocycles. The number of nitrogens with one attached hydrogen (secondary N) is 1. The largest absolute Gasteiger partial charge is 0.328 e. The van der Waals surface area contributed by atoms with Gasteiger partial charge in [-0.1, -0.05) is 18.6 Å². The number of aromatic nitrogens is 2. The van der Waals surface area contributed by atoms with Crippen LogP contribution in [0.5, 0.6) is 0 Å². The molecule has 30 heavy (non-hydrogen) atoms. The summed E-state index contributed by atoms with van der Waals surface area (Å²) >= 11 is 1.55. The van der Waals surface area contributed by atoms with Gasteiger partial charge in [0.25, 0.3) is 0 Å². The molecule has 2 aromatic carbocycles. The summed E-state index contributed by atoms with van der Waals surface area (Å²) < 4.78 is 2.31. The number of fused-ring (bicyclic) bond motifs is 4. The molecule has 0 spiro atoms. The third-order valence-corrected chi connectivity index (χ3v) is 6.81. The normalized spacial score (nSPS) is 16.1. The standard InChI is InChI=1S/C23H24N4O2S/c28-22(11-13-27-19-6-3-4-7-20(19)30-15-23(27)29)24-16-9-10-18-17(14-16)25-21-8-2-1-5-12-26(18)21/h3-4,6-7,9-10,14H,1-2,5,8,11-13,15H2,(H,24,28). The molecule has 0 aliphatic carbocycles. The molecule has 154 valence electrons. The Labute approximate surface area is 179 Å². The van der Waals surface area contributed by atoms with Gasteiger partial charge < -0.3 is 14.8 Å². The van der Waals surface area contributed by atoms with Gasteiger partial charge in [0.05, 0.1) is 22.5 Å². The Kier molecular flexibility index (Phi) is 5.21. The summed E-state index contributed by atoms with van der Waals surface area (Å²) in [7, 11) is 0. The molecule has 0 saturated carbocycles. The van der Waals surface area contributed by atoms with Gasteiger partial charge in [-0.2, -0.15) is 0 Å². The Hall–Kier alpha value is -2.80. The van der Waals surface area contributed by atoms with Crippen LogP contribution in [0.1, 0.15) is 31.5 Å². The Balaban J connectivity index is 1.27. The van der Waals surface area contributed by atoms with Crippen LogP contribution in [0.2, 0.25) is 0 Å². The third-order valence-electron chi connectivity index (χ3n) is 5.76. The lowest BCUT2D eigenvalue weighted by Gasteiger charge is -2.28. The van der Waals surface area contributed by atoms with Crippen molar-refractivity contribution in [3.8, 4) is 0 Å². The van der Waals surface area contributed by atoms with Crippen LogP contribution in [0.15, 0.2) is 47.4 Å². The summed E-state index contributed by atoms with van der Waals surface area (Å²) in [6, 6.07) is 13.8. The Morgan fingerprint density at radius 2 is 2.03 bits per heavy atom. The molecule has 0 radical (unpaired) electrons. The van der Waals surface area contributed by atoms with Gasteiger partial charge in [0.1, 0.15) is 5.82 Å². The monoisotopic (exact) mass is 420 g/mol. The molecule has 0 atom stereocenters. The minimum Gasteiger partial charge on any atom is -0.328 e. The Morgan fingerprint density at radius 3 is 2.97 bits per heavy atom. The number of para-hydroxylation sites is 1. The lowest BCUT2D eigenvalue weighted by molar-refractivity contribution is -0.117. The summed E-state index contributed by atoms with van der Waals surface area (Å²) in [5, 5.41) is 2.97. The number of hydrogen-bond acceptors (Lipinski definition) is 4. The van der Waals surface area contributed by atoms with E-state index in [4.69, 9.17) is 4.98 Å². The van der Waals surface area contributed by atoms with E-state index < -0.39 is 0 Å². The quantitative estimate of drug-likeness (QED) is 0.686. The van der Waals surface area contributed by atoms with Crippen molar-refractivity contribution in [2.24, 2.45) is 0 Å². The third kappa shape index (κ3) is 3.69. The van der Waals surface area contributed by atoms with Crippen molar-refractivity contribution in [3.05, 3.63) is 48.3 Å². The maximum absolute atomic E-state index is 12.6. The number of carbonyl (C=O) groups excluding carboxylic acids is 2. The predicted octanol–water partition coefficient (Wildman–Crippen LogP) is 4.23. The molecule has 3 aromatic rings. The molecule has 6 nitrogen and oxygen atoms in total. The fourth-order valence-corrected chi connectivity index (χ4v) is 5.20. The van der Waals surface area contributed by atoms with Crippen molar-refractivity contribution >= 4 is 46.0 Å². The zero-order chi connectivity index (χ0) is 20.5. The zero-order valence-electron chi connectivity index (χ0n) is 16.8. The van der Waals surface area contributed by atoms with Crippen LogP contribution in [-0.2, 0) is 22.6 Å². The number of benzene rings is 2. The Morgan fingerprint density at radius 1 is 1.13 bits per heavy atom. The van der Waals surface area contributed by atoms with Crippen LogP contribution in [0.3, 0.4) is 0 Å². The number of carbonyl (C=O) groups is 2. The molecule has 2 amide bonds. The maximum atomic E-state index is 12.6. The molecule has 1 N–H and O–H groups in total. The average Bonchev–Trinajstić information content (AvgIpc) is 2.92. The van der Waals surface area contributed by atoms with E-state index in [9.17, 15) is 9.59 Å². The van der Waals surface area contributed by atoms with Gasteiger partial charge in [0.15, 0.2) is 0 Å². The Bertz CT molecular complexity index is 1120. The molecule has 7 heteroatoms. The van der Waals surface area contributed by atoms with E-state index in [-0.39, 0.29) is 18.2 Å². The molecule has 2 aliphatic rings. The second kappa shape index (κ2) is 8.14. The van der Waals surface area contributed by atoms with Crippen molar-refractivity contribution in [2.45, 2.75) is 43.5 Å². The highest BCUT2D eigenvalue weighted by atomic mass is 32.2. The molecule has 3 heterocycles. The van der Waals surface area contributed by atoms with E-state index >= 15 is 0 Å². The summed E-state index contributed by atoms with van der Waals surface area (Å²) in [5.41, 5.74) is 3.72. The van der Waals surface area contributed by atoms with Crippen LogP contribution >= 0.6 is 11.8 Å². The molecule has 0 fully saturated rings. The SMILES string of the molecule is O=C(CCN1C(=O)CSc2ccccc21)Nc1ccc2c(c1)nc1n2CCCCC1. The number of amides is 2. The number of imidazole rings is 1. The van der Waals surface area contributed by atoms with Gasteiger partial charge in [-0.15, -0.1) is 11.8 Å². The fourth-order valence-electron chi connectivity index (χ4n) is 4.26. The van der Waals surface area contributed by atoms with Gasteiger partial charge >= 0.3 is 0 Å². The number of aryl methyl sites for hydroxylation is 2. The van der Waals surface area contributed by atoms with Crippen molar-refractivity contribution in [1.29, 1.82) is 0 Å². The van der Waals surface area contributed by atoms with Crippen molar-refractivity contribution in [3.63, 3.8) is 0 Å².